The molecule has 13 heteroatoms. The predicted molar refractivity (Wildman–Crippen MR) is 165 cm³/mol. The van der Waals surface area contributed by atoms with Gasteiger partial charge in [-0.2, -0.15) is 4.99 Å². The zero-order chi connectivity index (χ0) is 31.8. The van der Waals surface area contributed by atoms with Gasteiger partial charge in [-0.25, -0.2) is 14.5 Å². The number of thioether (sulfide) groups is 1. The fraction of sp³-hybridized carbons (Fsp3) is 0.281. The third-order valence-electron chi connectivity index (χ3n) is 7.58. The quantitative estimate of drug-likeness (QED) is 0.226. The third-order valence-corrected chi connectivity index (χ3v) is 8.51. The number of amidine groups is 1. The number of carbonyl (C=O) groups is 2. The van der Waals surface area contributed by atoms with Crippen LogP contribution in [0.1, 0.15) is 42.9 Å². The Morgan fingerprint density at radius 1 is 1.09 bits per heavy atom. The zero-order valence-corrected chi connectivity index (χ0v) is 25.3. The van der Waals surface area contributed by atoms with Gasteiger partial charge in [0.15, 0.2) is 11.0 Å². The number of hydrogen-bond acceptors (Lipinski definition) is 6. The van der Waals surface area contributed by atoms with E-state index in [4.69, 9.17) is 0 Å². The number of nitrogens with one attached hydrogen (secondary N) is 1. The summed E-state index contributed by atoms with van der Waals surface area (Å²) in [5, 5.41) is 7.88. The molecule has 0 spiro atoms. The summed E-state index contributed by atoms with van der Waals surface area (Å²) >= 11 is 1.26. The van der Waals surface area contributed by atoms with Crippen molar-refractivity contribution in [3.8, 4) is 22.8 Å². The summed E-state index contributed by atoms with van der Waals surface area (Å²) in [6.07, 6.45) is -0.0554. The number of aromatic nitrogens is 3. The Morgan fingerprint density at radius 3 is 2.49 bits per heavy atom. The van der Waals surface area contributed by atoms with Crippen molar-refractivity contribution in [3.05, 3.63) is 89.7 Å². The van der Waals surface area contributed by atoms with Crippen molar-refractivity contribution in [1.82, 2.24) is 20.1 Å². The molecule has 6 rings (SSSR count). The molecule has 3 aromatic carbocycles. The normalized spacial score (nSPS) is 16.7. The minimum absolute atomic E-state index is 0.102. The number of benzene rings is 3. The Hall–Kier alpha value is -4.65. The van der Waals surface area contributed by atoms with E-state index < -0.39 is 17.9 Å². The van der Waals surface area contributed by atoms with Crippen LogP contribution >= 0.6 is 11.8 Å². The molecule has 2 heterocycles. The summed E-state index contributed by atoms with van der Waals surface area (Å²) in [6.45, 7) is 4.05. The number of nitrogens with zero attached hydrogens (tertiary/aromatic N) is 5. The highest BCUT2D eigenvalue weighted by Crippen LogP contribution is 2.46. The molecule has 3 amide bonds. The lowest BCUT2D eigenvalue weighted by Crippen LogP contribution is -2.35. The number of carbonyl (C=O) groups excluding carboxylic acids is 2. The lowest BCUT2D eigenvalue weighted by molar-refractivity contribution is -0.274. The average molecular weight is 635 g/mol. The Balaban J connectivity index is 1.15. The molecule has 9 nitrogen and oxygen atoms in total. The maximum atomic E-state index is 13.2. The molecule has 1 saturated carbocycles. The first kappa shape index (κ1) is 30.4. The fourth-order valence-corrected chi connectivity index (χ4v) is 6.09. The monoisotopic (exact) mass is 634 g/mol. The highest BCUT2D eigenvalue weighted by atomic mass is 32.2. The van der Waals surface area contributed by atoms with Crippen molar-refractivity contribution >= 4 is 34.6 Å². The standard InChI is InChI=1S/C32H29F3N6O3S/c1-3-4-21-6-5-20(2)17-26(21)41-27(42)18-45-30(41)37-29(43)38-31(15-16-31)23-9-7-22(8-10-23)28-36-19-40(39-28)24-11-13-25(14-12-24)44-32(33,34)35/h5-14,17,19H,3-4,15-16,18H2,1-2H3,(H,38,43)/b37-30-. The predicted octanol–water partition coefficient (Wildman–Crippen LogP) is 6.93. The molecule has 1 aliphatic heterocycles. The molecule has 2 fully saturated rings. The highest BCUT2D eigenvalue weighted by Gasteiger charge is 2.46. The van der Waals surface area contributed by atoms with E-state index in [1.807, 2.05) is 49.4 Å². The molecule has 0 radical (unpaired) electrons. The first-order valence-corrected chi connectivity index (χ1v) is 15.4. The van der Waals surface area contributed by atoms with Gasteiger partial charge in [-0.3, -0.25) is 9.69 Å². The summed E-state index contributed by atoms with van der Waals surface area (Å²) in [5.41, 5.74) is 4.45. The van der Waals surface area contributed by atoms with Crippen LogP contribution in [0, 0.1) is 6.92 Å². The molecule has 1 aliphatic carbocycles. The number of ether oxygens (including phenoxy) is 1. The number of amides is 3. The van der Waals surface area contributed by atoms with Crippen molar-refractivity contribution in [1.29, 1.82) is 0 Å². The van der Waals surface area contributed by atoms with Crippen molar-refractivity contribution < 1.29 is 27.5 Å². The van der Waals surface area contributed by atoms with Gasteiger partial charge in [0.25, 0.3) is 0 Å². The second-order valence-electron chi connectivity index (χ2n) is 10.9. The summed E-state index contributed by atoms with van der Waals surface area (Å²) < 4.78 is 42.7. The molecule has 1 aromatic heterocycles. The van der Waals surface area contributed by atoms with E-state index in [1.54, 1.807) is 4.90 Å². The lowest BCUT2D eigenvalue weighted by atomic mass is 10.0. The highest BCUT2D eigenvalue weighted by molar-refractivity contribution is 8.15. The molecular formula is C32H29F3N6O3S. The lowest BCUT2D eigenvalue weighted by Gasteiger charge is -2.21. The first-order valence-electron chi connectivity index (χ1n) is 14.4. The van der Waals surface area contributed by atoms with Gasteiger partial charge in [-0.15, -0.1) is 18.3 Å². The number of hydrogen-bond donors (Lipinski definition) is 1. The largest absolute Gasteiger partial charge is 0.573 e. The van der Waals surface area contributed by atoms with E-state index in [0.717, 1.165) is 53.6 Å². The number of aryl methyl sites for hydroxylation is 2. The van der Waals surface area contributed by atoms with Crippen molar-refractivity contribution in [3.63, 3.8) is 0 Å². The van der Waals surface area contributed by atoms with Gasteiger partial charge in [0, 0.05) is 5.56 Å². The topological polar surface area (TPSA) is 102 Å². The molecule has 0 atom stereocenters. The molecule has 2 aliphatic rings. The molecule has 0 unspecified atom stereocenters. The zero-order valence-electron chi connectivity index (χ0n) is 24.5. The van der Waals surface area contributed by atoms with Gasteiger partial charge in [0.1, 0.15) is 12.1 Å². The molecule has 0 bridgehead atoms. The molecular weight excluding hydrogens is 605 g/mol. The molecule has 232 valence electrons. The van der Waals surface area contributed by atoms with Gasteiger partial charge < -0.3 is 10.1 Å². The van der Waals surface area contributed by atoms with Crippen LogP contribution < -0.4 is 15.0 Å². The number of halogens is 3. The number of rotatable bonds is 8. The second-order valence-corrected chi connectivity index (χ2v) is 11.9. The van der Waals surface area contributed by atoms with Crippen molar-refractivity contribution in [2.75, 3.05) is 10.7 Å². The van der Waals surface area contributed by atoms with Crippen molar-refractivity contribution in [2.24, 2.45) is 4.99 Å². The summed E-state index contributed by atoms with van der Waals surface area (Å²) in [5.74, 6) is 0.225. The van der Waals surface area contributed by atoms with E-state index in [2.05, 4.69) is 32.1 Å². The van der Waals surface area contributed by atoms with Crippen LogP contribution in [-0.4, -0.2) is 44.0 Å². The smallest absolute Gasteiger partial charge is 0.406 e. The summed E-state index contributed by atoms with van der Waals surface area (Å²) in [4.78, 5) is 36.3. The average Bonchev–Trinajstić information content (AvgIpc) is 3.44. The van der Waals surface area contributed by atoms with Crippen LogP contribution in [0.5, 0.6) is 5.75 Å². The van der Waals surface area contributed by atoms with Crippen molar-refractivity contribution in [2.45, 2.75) is 51.4 Å². The van der Waals surface area contributed by atoms with Gasteiger partial charge in [0.05, 0.1) is 22.7 Å². The maximum Gasteiger partial charge on any atom is 0.573 e. The van der Waals surface area contributed by atoms with Crippen LogP contribution in [0.15, 0.2) is 78.0 Å². The minimum atomic E-state index is -4.76. The van der Waals surface area contributed by atoms with E-state index in [9.17, 15) is 22.8 Å². The Bertz CT molecular complexity index is 1770. The van der Waals surface area contributed by atoms with Gasteiger partial charge in [-0.1, -0.05) is 61.5 Å². The number of aliphatic imine (C=N–C) groups is 1. The Kier molecular flexibility index (Phi) is 8.12. The Morgan fingerprint density at radius 2 is 1.82 bits per heavy atom. The van der Waals surface area contributed by atoms with E-state index in [1.165, 1.54) is 47.0 Å². The molecule has 1 saturated heterocycles. The summed E-state index contributed by atoms with van der Waals surface area (Å²) in [7, 11) is 0. The molecule has 45 heavy (non-hydrogen) atoms. The van der Waals surface area contributed by atoms with Gasteiger partial charge >= 0.3 is 12.4 Å². The van der Waals surface area contributed by atoms with Crippen LogP contribution in [0.4, 0.5) is 23.7 Å². The van der Waals surface area contributed by atoms with E-state index >= 15 is 0 Å². The minimum Gasteiger partial charge on any atom is -0.406 e. The summed E-state index contributed by atoms with van der Waals surface area (Å²) in [6, 6.07) is 18.4. The van der Waals surface area contributed by atoms with Crippen LogP contribution in [0.2, 0.25) is 0 Å². The Labute approximate surface area is 261 Å². The van der Waals surface area contributed by atoms with Gasteiger partial charge in [-0.05, 0) is 73.2 Å². The fourth-order valence-electron chi connectivity index (χ4n) is 5.23. The van der Waals surface area contributed by atoms with E-state index in [0.29, 0.717) is 16.7 Å². The van der Waals surface area contributed by atoms with Crippen LogP contribution in [0.25, 0.3) is 17.1 Å². The van der Waals surface area contributed by atoms with E-state index in [-0.39, 0.29) is 17.4 Å². The molecule has 1 N–H and O–H groups in total. The number of urea groups is 1. The van der Waals surface area contributed by atoms with Gasteiger partial charge in [0.2, 0.25) is 5.91 Å². The van der Waals surface area contributed by atoms with Crippen LogP contribution in [0.3, 0.4) is 0 Å². The number of anilines is 1. The maximum absolute atomic E-state index is 13.2. The second kappa shape index (κ2) is 12.0. The third kappa shape index (κ3) is 6.72. The first-order chi connectivity index (χ1) is 21.5. The SMILES string of the molecule is CCCc1ccc(C)cc1N1C(=O)CS/C1=N\C(=O)NC1(c2ccc(-c3ncn(-c4ccc(OC(F)(F)F)cc4)n3)cc2)CC1. The molecule has 4 aromatic rings. The van der Waals surface area contributed by atoms with Crippen LogP contribution in [-0.2, 0) is 16.8 Å². The number of alkyl halides is 3.